The van der Waals surface area contributed by atoms with Gasteiger partial charge in [-0.2, -0.15) is 10.2 Å². The van der Waals surface area contributed by atoms with Crippen LogP contribution in [0.2, 0.25) is 0 Å². The molecule has 0 saturated heterocycles. The summed E-state index contributed by atoms with van der Waals surface area (Å²) in [7, 11) is 0. The van der Waals surface area contributed by atoms with Gasteiger partial charge in [0.15, 0.2) is 12.1 Å². The molecule has 0 bridgehead atoms. The number of benzene rings is 1. The normalized spacial score (nSPS) is 19.2. The Balaban J connectivity index is 1.52. The minimum atomic E-state index is -2.92. The molecule has 0 atom stereocenters. The van der Waals surface area contributed by atoms with Crippen molar-refractivity contribution < 1.29 is 19.0 Å². The van der Waals surface area contributed by atoms with Crippen molar-refractivity contribution in [1.29, 1.82) is 0 Å². The third kappa shape index (κ3) is 3.05. The van der Waals surface area contributed by atoms with E-state index in [2.05, 4.69) is 15.2 Å². The number of nitrogen functional groups attached to an aromatic ring is 1. The summed E-state index contributed by atoms with van der Waals surface area (Å²) >= 11 is 0. The number of hydrogen-bond donors (Lipinski definition) is 3. The lowest BCUT2D eigenvalue weighted by atomic mass is 9.61. The summed E-state index contributed by atoms with van der Waals surface area (Å²) in [5.74, 6) is -2.61. The Morgan fingerprint density at radius 3 is 2.55 bits per heavy atom. The number of anilines is 1. The first-order valence-corrected chi connectivity index (χ1v) is 10.8. The number of aromatic nitrogens is 5. The van der Waals surface area contributed by atoms with Crippen LogP contribution in [0.1, 0.15) is 37.3 Å². The largest absolute Gasteiger partial charge is 0.382 e. The van der Waals surface area contributed by atoms with Crippen LogP contribution < -0.4 is 5.73 Å². The zero-order valence-corrected chi connectivity index (χ0v) is 17.6. The summed E-state index contributed by atoms with van der Waals surface area (Å²) in [4.78, 5) is 4.16. The first kappa shape index (κ1) is 20.3. The molecule has 6 rings (SSSR count). The van der Waals surface area contributed by atoms with Crippen LogP contribution in [0.4, 0.5) is 14.6 Å². The number of aliphatic hydroxyl groups excluding tert-OH is 1. The van der Waals surface area contributed by atoms with E-state index < -0.39 is 30.5 Å². The average molecular weight is 452 g/mol. The fourth-order valence-corrected chi connectivity index (χ4v) is 5.00. The van der Waals surface area contributed by atoms with E-state index in [0.29, 0.717) is 34.2 Å². The van der Waals surface area contributed by atoms with Crippen molar-refractivity contribution >= 4 is 11.3 Å². The first-order chi connectivity index (χ1) is 15.8. The van der Waals surface area contributed by atoms with Crippen molar-refractivity contribution in [3.8, 4) is 22.5 Å². The van der Waals surface area contributed by atoms with E-state index >= 15 is 0 Å². The second-order valence-electron chi connectivity index (χ2n) is 9.06. The van der Waals surface area contributed by atoms with Gasteiger partial charge in [-0.25, -0.2) is 18.3 Å². The zero-order chi connectivity index (χ0) is 23.0. The molecule has 0 amide bonds. The molecule has 0 aliphatic heterocycles. The number of nitrogens with zero attached hydrogens (tertiary/aromatic N) is 5. The maximum Gasteiger partial charge on any atom is 0.250 e. The summed E-state index contributed by atoms with van der Waals surface area (Å²) in [6.45, 7) is 0. The van der Waals surface area contributed by atoms with E-state index in [4.69, 9.17) is 5.73 Å². The molecular weight excluding hydrogens is 430 g/mol. The summed E-state index contributed by atoms with van der Waals surface area (Å²) in [6.07, 6.45) is 2.13. The molecular formula is C23H22F2N6O2. The third-order valence-corrected chi connectivity index (χ3v) is 6.80. The lowest BCUT2D eigenvalue weighted by Gasteiger charge is -2.48. The second-order valence-corrected chi connectivity index (χ2v) is 9.06. The Morgan fingerprint density at radius 2 is 1.85 bits per heavy atom. The van der Waals surface area contributed by atoms with Crippen molar-refractivity contribution in [3.05, 3.63) is 54.5 Å². The topological polar surface area (TPSA) is 114 Å². The van der Waals surface area contributed by atoms with Gasteiger partial charge in [-0.05, 0) is 36.6 Å². The van der Waals surface area contributed by atoms with Gasteiger partial charge in [0.2, 0.25) is 5.92 Å². The number of nitrogens with two attached hydrogens (primary N) is 1. The Labute approximate surface area is 187 Å². The Bertz CT molecular complexity index is 1370. The molecule has 2 fully saturated rings. The van der Waals surface area contributed by atoms with Gasteiger partial charge in [-0.1, -0.05) is 18.2 Å². The van der Waals surface area contributed by atoms with Crippen LogP contribution in [0, 0.1) is 0 Å². The van der Waals surface area contributed by atoms with Crippen LogP contribution in [0.25, 0.3) is 28.0 Å². The summed E-state index contributed by atoms with van der Waals surface area (Å²) in [6, 6.07) is 11.1. The highest BCUT2D eigenvalue weighted by Gasteiger charge is 2.60. The average Bonchev–Trinajstić information content (AvgIpc) is 3.35. The molecule has 0 spiro atoms. The molecule has 2 aliphatic carbocycles. The Kier molecular flexibility index (Phi) is 4.18. The van der Waals surface area contributed by atoms with E-state index in [1.54, 1.807) is 28.9 Å². The molecule has 3 heterocycles. The van der Waals surface area contributed by atoms with Crippen LogP contribution in [0.5, 0.6) is 0 Å². The van der Waals surface area contributed by atoms with E-state index in [1.165, 1.54) is 6.33 Å². The standard InChI is InChI=1S/C23H22F2N6O2/c24-23(25)10-22(11-23,21(32)33)14-3-1-2-13(8-14)18-9-16(19-20(26)27-12-29-31(18)19)17-6-7-28-30(17)15-4-5-15/h1-3,6-9,12,15,21,32-33H,4-5,10-11H2,(H2,26,27,29). The molecule has 2 saturated carbocycles. The van der Waals surface area contributed by atoms with Crippen LogP contribution in [-0.2, 0) is 5.41 Å². The lowest BCUT2D eigenvalue weighted by molar-refractivity contribution is -0.214. The lowest BCUT2D eigenvalue weighted by Crippen LogP contribution is -2.56. The van der Waals surface area contributed by atoms with Crippen molar-refractivity contribution in [1.82, 2.24) is 24.4 Å². The number of aliphatic hydroxyl groups is 2. The smallest absolute Gasteiger partial charge is 0.250 e. The van der Waals surface area contributed by atoms with E-state index in [0.717, 1.165) is 24.1 Å². The molecule has 33 heavy (non-hydrogen) atoms. The number of hydrogen-bond acceptors (Lipinski definition) is 6. The SMILES string of the molecule is Nc1ncnn2c(-c3cccc(C4(C(O)O)CC(F)(F)C4)c3)cc(-c3ccnn3C3CC3)c12. The van der Waals surface area contributed by atoms with Gasteiger partial charge < -0.3 is 15.9 Å². The van der Waals surface area contributed by atoms with Gasteiger partial charge in [-0.15, -0.1) is 0 Å². The highest BCUT2D eigenvalue weighted by atomic mass is 19.3. The van der Waals surface area contributed by atoms with Crippen LogP contribution in [0.3, 0.4) is 0 Å². The Hall–Kier alpha value is -3.37. The van der Waals surface area contributed by atoms with Gasteiger partial charge in [0, 0.05) is 30.2 Å². The maximum atomic E-state index is 13.8. The third-order valence-electron chi connectivity index (χ3n) is 6.80. The fourth-order valence-electron chi connectivity index (χ4n) is 5.00. The molecule has 4 aromatic rings. The van der Waals surface area contributed by atoms with Gasteiger partial charge in [0.05, 0.1) is 22.8 Å². The van der Waals surface area contributed by atoms with E-state index in [9.17, 15) is 19.0 Å². The molecule has 4 N–H and O–H groups in total. The Morgan fingerprint density at radius 1 is 1.06 bits per heavy atom. The molecule has 3 aromatic heterocycles. The minimum Gasteiger partial charge on any atom is -0.382 e. The first-order valence-electron chi connectivity index (χ1n) is 10.8. The number of fused-ring (bicyclic) bond motifs is 1. The fraction of sp³-hybridized carbons (Fsp3) is 0.348. The van der Waals surface area contributed by atoms with Crippen molar-refractivity contribution in [2.45, 2.75) is 49.4 Å². The monoisotopic (exact) mass is 452 g/mol. The quantitative estimate of drug-likeness (QED) is 0.401. The maximum absolute atomic E-state index is 13.8. The molecule has 10 heteroatoms. The van der Waals surface area contributed by atoms with Gasteiger partial charge in [0.25, 0.3) is 0 Å². The van der Waals surface area contributed by atoms with E-state index in [1.807, 2.05) is 22.9 Å². The highest BCUT2D eigenvalue weighted by Crippen LogP contribution is 2.55. The predicted octanol–water partition coefficient (Wildman–Crippen LogP) is 3.15. The van der Waals surface area contributed by atoms with Gasteiger partial charge in [0.1, 0.15) is 11.8 Å². The summed E-state index contributed by atoms with van der Waals surface area (Å²) in [5.41, 5.74) is 9.02. The zero-order valence-electron chi connectivity index (χ0n) is 17.6. The number of halogens is 2. The predicted molar refractivity (Wildman–Crippen MR) is 116 cm³/mol. The van der Waals surface area contributed by atoms with Crippen molar-refractivity contribution in [3.63, 3.8) is 0 Å². The van der Waals surface area contributed by atoms with Crippen LogP contribution >= 0.6 is 0 Å². The number of rotatable bonds is 5. The minimum absolute atomic E-state index is 0.312. The highest BCUT2D eigenvalue weighted by molar-refractivity contribution is 5.91. The molecule has 0 radical (unpaired) electrons. The summed E-state index contributed by atoms with van der Waals surface area (Å²) < 4.78 is 31.2. The van der Waals surface area contributed by atoms with Crippen molar-refractivity contribution in [2.24, 2.45) is 0 Å². The van der Waals surface area contributed by atoms with E-state index in [-0.39, 0.29) is 0 Å². The van der Waals surface area contributed by atoms with Gasteiger partial charge >= 0.3 is 0 Å². The molecule has 170 valence electrons. The van der Waals surface area contributed by atoms with Crippen molar-refractivity contribution in [2.75, 3.05) is 5.73 Å². The summed E-state index contributed by atoms with van der Waals surface area (Å²) in [5, 5.41) is 28.8. The molecule has 1 aromatic carbocycles. The molecule has 2 aliphatic rings. The number of alkyl halides is 2. The molecule has 8 nitrogen and oxygen atoms in total. The molecule has 0 unspecified atom stereocenters. The second kappa shape index (κ2) is 6.82. The van der Waals surface area contributed by atoms with Gasteiger partial charge in [-0.3, -0.25) is 4.68 Å². The van der Waals surface area contributed by atoms with Crippen LogP contribution in [-0.4, -0.2) is 46.8 Å². The van der Waals surface area contributed by atoms with Crippen LogP contribution in [0.15, 0.2) is 48.9 Å².